The average Bonchev–Trinajstić information content (AvgIpc) is 3.58. The highest BCUT2D eigenvalue weighted by atomic mass is 32.1. The van der Waals surface area contributed by atoms with Gasteiger partial charge in [-0.05, 0) is 74.9 Å². The Morgan fingerprint density at radius 2 is 1.76 bits per heavy atom. The monoisotopic (exact) mass is 687 g/mol. The zero-order chi connectivity index (χ0) is 34.0. The van der Waals surface area contributed by atoms with E-state index in [1.54, 1.807) is 0 Å². The van der Waals surface area contributed by atoms with Crippen molar-refractivity contribution in [3.05, 3.63) is 53.9 Å². The van der Waals surface area contributed by atoms with Crippen LogP contribution in [-0.4, -0.2) is 80.2 Å². The first kappa shape index (κ1) is 33.0. The molecule has 13 heteroatoms. The van der Waals surface area contributed by atoms with Crippen LogP contribution in [0.3, 0.4) is 0 Å². The average molecular weight is 688 g/mol. The molecule has 12 nitrogen and oxygen atoms in total. The summed E-state index contributed by atoms with van der Waals surface area (Å²) < 4.78 is 12.2. The fraction of sp³-hybridized carbons (Fsp3) is 0.500. The van der Waals surface area contributed by atoms with Crippen LogP contribution in [-0.2, 0) is 19.1 Å². The van der Waals surface area contributed by atoms with Gasteiger partial charge in [-0.3, -0.25) is 9.59 Å². The third-order valence-corrected chi connectivity index (χ3v) is 10.9. The zero-order valence-corrected chi connectivity index (χ0v) is 28.0. The van der Waals surface area contributed by atoms with E-state index in [0.29, 0.717) is 29.6 Å². The molecule has 0 spiro atoms. The molecule has 1 unspecified atom stereocenters. The number of carbonyl (C=O) groups is 4. The Bertz CT molecular complexity index is 1740. The van der Waals surface area contributed by atoms with Gasteiger partial charge in [-0.1, -0.05) is 43.2 Å². The van der Waals surface area contributed by atoms with Crippen molar-refractivity contribution in [2.45, 2.75) is 100 Å². The Kier molecular flexibility index (Phi) is 9.53. The van der Waals surface area contributed by atoms with Gasteiger partial charge in [0.1, 0.15) is 35.5 Å². The van der Waals surface area contributed by atoms with Gasteiger partial charge in [0.25, 0.3) is 0 Å². The molecule has 4 aliphatic rings. The Morgan fingerprint density at radius 3 is 2.51 bits per heavy atom. The summed E-state index contributed by atoms with van der Waals surface area (Å²) in [6.45, 7) is 0.0363. The highest BCUT2D eigenvalue weighted by molar-refractivity contribution is 7.13. The first-order chi connectivity index (χ1) is 23.8. The number of nitrogens with one attached hydrogen (secondary N) is 2. The lowest BCUT2D eigenvalue weighted by atomic mass is 10.0. The second-order valence-corrected chi connectivity index (χ2v) is 14.4. The Hall–Kier alpha value is -4.52. The molecule has 7 rings (SSSR count). The number of allylic oxidation sites excluding steroid dienone is 1. The summed E-state index contributed by atoms with van der Waals surface area (Å²) in [4.78, 5) is 65.8. The number of aromatic nitrogens is 2. The predicted octanol–water partition coefficient (Wildman–Crippen LogP) is 5.22. The largest absolute Gasteiger partial charge is 0.479 e. The number of carboxylic acids is 1. The normalized spacial score (nSPS) is 28.4. The van der Waals surface area contributed by atoms with Crippen LogP contribution in [0.1, 0.15) is 70.6 Å². The Labute approximate surface area is 288 Å². The smallest absolute Gasteiger partial charge is 0.408 e. The molecule has 0 radical (unpaired) electrons. The number of amides is 3. The van der Waals surface area contributed by atoms with Crippen LogP contribution in [0.5, 0.6) is 5.88 Å². The molecule has 2 aliphatic carbocycles. The van der Waals surface area contributed by atoms with Crippen molar-refractivity contribution in [1.29, 1.82) is 0 Å². The van der Waals surface area contributed by atoms with Crippen LogP contribution in [0.25, 0.3) is 21.6 Å². The Morgan fingerprint density at radius 1 is 0.980 bits per heavy atom. The molecular formula is C36H41N5O7S. The van der Waals surface area contributed by atoms with Gasteiger partial charge in [0.05, 0.1) is 22.5 Å². The number of ether oxygens (including phenoxy) is 2. The maximum atomic E-state index is 14.4. The van der Waals surface area contributed by atoms with Gasteiger partial charge in [-0.25, -0.2) is 19.6 Å². The van der Waals surface area contributed by atoms with E-state index in [2.05, 4.69) is 10.6 Å². The first-order valence-corrected chi connectivity index (χ1v) is 18.2. The van der Waals surface area contributed by atoms with Crippen LogP contribution in [0, 0.1) is 5.92 Å². The molecule has 0 bridgehead atoms. The summed E-state index contributed by atoms with van der Waals surface area (Å²) in [6, 6.07) is 9.37. The van der Waals surface area contributed by atoms with E-state index in [9.17, 15) is 24.3 Å². The molecule has 3 aromatic rings. The number of carboxylic acid groups (broad SMARTS) is 1. The molecule has 4 heterocycles. The molecule has 2 aromatic heterocycles. The number of hydrogen-bond acceptors (Lipinski definition) is 9. The number of aliphatic carboxylic acids is 1. The summed E-state index contributed by atoms with van der Waals surface area (Å²) in [7, 11) is 0. The van der Waals surface area contributed by atoms with Gasteiger partial charge in [0.2, 0.25) is 17.7 Å². The van der Waals surface area contributed by atoms with Crippen LogP contribution in [0.2, 0.25) is 0 Å². The molecular weight excluding hydrogens is 646 g/mol. The molecule has 3 amide bonds. The predicted molar refractivity (Wildman–Crippen MR) is 182 cm³/mol. The third-order valence-electron chi connectivity index (χ3n) is 10.1. The van der Waals surface area contributed by atoms with E-state index in [1.807, 2.05) is 53.9 Å². The molecule has 49 heavy (non-hydrogen) atoms. The number of nitrogens with zero attached hydrogens (tertiary/aromatic N) is 3. The van der Waals surface area contributed by atoms with Crippen LogP contribution < -0.4 is 15.4 Å². The minimum absolute atomic E-state index is 0.0363. The third kappa shape index (κ3) is 7.12. The number of para-hydroxylation sites is 2. The lowest BCUT2D eigenvalue weighted by Gasteiger charge is -2.29. The van der Waals surface area contributed by atoms with Gasteiger partial charge in [0, 0.05) is 12.3 Å². The number of alkyl carbamates (subject to hydrolysis) is 1. The lowest BCUT2D eigenvalue weighted by molar-refractivity contribution is -0.145. The summed E-state index contributed by atoms with van der Waals surface area (Å²) >= 11 is 1.50. The van der Waals surface area contributed by atoms with Crippen molar-refractivity contribution in [2.24, 2.45) is 5.92 Å². The number of hydrogen-bond donors (Lipinski definition) is 3. The van der Waals surface area contributed by atoms with Gasteiger partial charge in [0.15, 0.2) is 0 Å². The fourth-order valence-corrected chi connectivity index (χ4v) is 7.98. The number of benzene rings is 1. The van der Waals surface area contributed by atoms with Crippen molar-refractivity contribution < 1.29 is 33.8 Å². The number of thiophene rings is 1. The van der Waals surface area contributed by atoms with Crippen molar-refractivity contribution in [2.75, 3.05) is 6.54 Å². The molecule has 2 saturated carbocycles. The Balaban J connectivity index is 1.19. The van der Waals surface area contributed by atoms with Crippen LogP contribution in [0.4, 0.5) is 4.79 Å². The van der Waals surface area contributed by atoms with E-state index < -0.39 is 47.6 Å². The van der Waals surface area contributed by atoms with Crippen LogP contribution >= 0.6 is 11.3 Å². The van der Waals surface area contributed by atoms with Crippen molar-refractivity contribution in [3.63, 3.8) is 0 Å². The van der Waals surface area contributed by atoms with Crippen molar-refractivity contribution in [1.82, 2.24) is 25.5 Å². The minimum Gasteiger partial charge on any atom is -0.479 e. The zero-order valence-electron chi connectivity index (χ0n) is 27.2. The lowest BCUT2D eigenvalue weighted by Crippen LogP contribution is -2.56. The molecule has 5 atom stereocenters. The highest BCUT2D eigenvalue weighted by Gasteiger charge is 2.61. The molecule has 3 N–H and O–H groups in total. The standard InChI is InChI=1S/C36H41N5O7S/c42-31-28-19-24(47-32-30(29-17-10-18-49-29)37-25-14-8-9-15-26(25)38-32)21-41(28)33(43)27(39-35(46)48-23-12-6-7-13-23)16-5-3-1-2-4-11-22-20-36(22,40-31)34(44)45/h4,8-11,14-15,17-18,22-24,27-28H,1-3,5-7,12-13,16,19-21H2,(H,39,46)(H,40,42)(H,44,45)/b11-4-/t22?,24-,27+,28+,36-/m1/s1. The van der Waals surface area contributed by atoms with E-state index in [-0.39, 0.29) is 37.3 Å². The van der Waals surface area contributed by atoms with Gasteiger partial charge in [-0.15, -0.1) is 11.3 Å². The maximum Gasteiger partial charge on any atom is 0.408 e. The molecule has 3 fully saturated rings. The molecule has 258 valence electrons. The van der Waals surface area contributed by atoms with Gasteiger partial charge >= 0.3 is 12.1 Å². The highest BCUT2D eigenvalue weighted by Crippen LogP contribution is 2.45. The first-order valence-electron chi connectivity index (χ1n) is 17.3. The van der Waals surface area contributed by atoms with E-state index in [4.69, 9.17) is 19.4 Å². The van der Waals surface area contributed by atoms with E-state index >= 15 is 0 Å². The van der Waals surface area contributed by atoms with Gasteiger partial charge in [-0.2, -0.15) is 0 Å². The fourth-order valence-electron chi connectivity index (χ4n) is 7.28. The maximum absolute atomic E-state index is 14.4. The molecule has 1 aromatic carbocycles. The SMILES string of the molecule is O=C(N[C@H]1CCCCC/C=C\C2C[C@@]2(C(=O)O)NC(=O)[C@@H]2C[C@@H](Oc3nc4ccccc4nc3-c3cccs3)CN2C1=O)OC1CCCC1. The topological polar surface area (TPSA) is 160 Å². The summed E-state index contributed by atoms with van der Waals surface area (Å²) in [5, 5.41) is 17.7. The summed E-state index contributed by atoms with van der Waals surface area (Å²) in [6.07, 6.45) is 9.83. The second kappa shape index (κ2) is 14.1. The molecule has 2 aliphatic heterocycles. The van der Waals surface area contributed by atoms with E-state index in [0.717, 1.165) is 49.8 Å². The van der Waals surface area contributed by atoms with Crippen molar-refractivity contribution >= 4 is 46.2 Å². The van der Waals surface area contributed by atoms with Crippen molar-refractivity contribution in [3.8, 4) is 16.5 Å². The summed E-state index contributed by atoms with van der Waals surface area (Å²) in [5.41, 5.74) is 0.471. The number of carbonyl (C=O) groups excluding carboxylic acids is 3. The second-order valence-electron chi connectivity index (χ2n) is 13.5. The number of rotatable bonds is 6. The minimum atomic E-state index is -1.43. The number of fused-ring (bicyclic) bond motifs is 3. The molecule has 1 saturated heterocycles. The van der Waals surface area contributed by atoms with Crippen LogP contribution in [0.15, 0.2) is 53.9 Å². The van der Waals surface area contributed by atoms with Gasteiger partial charge < -0.3 is 30.1 Å². The summed E-state index contributed by atoms with van der Waals surface area (Å²) in [5.74, 6) is -2.15. The van der Waals surface area contributed by atoms with E-state index in [1.165, 1.54) is 16.2 Å². The quantitative estimate of drug-likeness (QED) is 0.295.